The summed E-state index contributed by atoms with van der Waals surface area (Å²) in [5.74, 6) is -0.822. The largest absolute Gasteiger partial charge is 0.464 e. The molecule has 0 heterocycles. The average Bonchev–Trinajstić information content (AvgIpc) is 2.26. The van der Waals surface area contributed by atoms with Crippen LogP contribution in [0.1, 0.15) is 24.2 Å². The van der Waals surface area contributed by atoms with Gasteiger partial charge in [-0.25, -0.2) is 4.79 Å². The van der Waals surface area contributed by atoms with E-state index in [1.165, 1.54) is 0 Å². The Hall–Kier alpha value is -0.910. The predicted molar refractivity (Wildman–Crippen MR) is 66.5 cm³/mol. The molecule has 0 saturated carbocycles. The van der Waals surface area contributed by atoms with Crippen molar-refractivity contribution in [2.75, 3.05) is 6.61 Å². The molecule has 4 nitrogen and oxygen atoms in total. The highest BCUT2D eigenvalue weighted by molar-refractivity contribution is 9.10. The van der Waals surface area contributed by atoms with Crippen LogP contribution in [0.3, 0.4) is 0 Å². The van der Waals surface area contributed by atoms with Gasteiger partial charge in [0.15, 0.2) is 6.10 Å². The molecule has 0 aliphatic heterocycles. The van der Waals surface area contributed by atoms with E-state index in [-0.39, 0.29) is 6.61 Å². The molecule has 0 radical (unpaired) electrons. The molecule has 17 heavy (non-hydrogen) atoms. The maximum atomic E-state index is 11.3. The summed E-state index contributed by atoms with van der Waals surface area (Å²) in [6.45, 7) is 3.66. The molecule has 0 fully saturated rings. The monoisotopic (exact) mass is 302 g/mol. The van der Waals surface area contributed by atoms with Crippen molar-refractivity contribution in [3.63, 3.8) is 0 Å². The molecular weight excluding hydrogens is 288 g/mol. The van der Waals surface area contributed by atoms with Crippen LogP contribution in [0.4, 0.5) is 0 Å². The summed E-state index contributed by atoms with van der Waals surface area (Å²) in [4.78, 5) is 11.3. The zero-order chi connectivity index (χ0) is 13.0. The van der Waals surface area contributed by atoms with Crippen LogP contribution in [-0.4, -0.2) is 28.9 Å². The first-order chi connectivity index (χ1) is 7.95. The van der Waals surface area contributed by atoms with Crippen LogP contribution in [-0.2, 0) is 9.53 Å². The maximum Gasteiger partial charge on any atom is 0.338 e. The van der Waals surface area contributed by atoms with E-state index in [1.807, 2.05) is 13.0 Å². The maximum absolute atomic E-state index is 11.3. The number of carbonyl (C=O) groups excluding carboxylic acids is 1. The molecule has 0 aliphatic rings. The fourth-order valence-corrected chi connectivity index (χ4v) is 2.10. The minimum Gasteiger partial charge on any atom is -0.464 e. The van der Waals surface area contributed by atoms with Crippen molar-refractivity contribution in [2.45, 2.75) is 26.1 Å². The van der Waals surface area contributed by atoms with E-state index >= 15 is 0 Å². The Morgan fingerprint density at radius 2 is 2.06 bits per heavy atom. The van der Waals surface area contributed by atoms with Crippen LogP contribution < -0.4 is 0 Å². The van der Waals surface area contributed by atoms with Crippen LogP contribution in [0.5, 0.6) is 0 Å². The lowest BCUT2D eigenvalue weighted by Crippen LogP contribution is -2.29. The normalized spacial score (nSPS) is 14.2. The lowest BCUT2D eigenvalue weighted by molar-refractivity contribution is -0.159. The number of benzene rings is 1. The fraction of sp³-hybridized carbons (Fsp3) is 0.417. The average molecular weight is 303 g/mol. The molecular formula is C12H15BrO4. The number of aliphatic hydroxyl groups excluding tert-OH is 2. The first-order valence-electron chi connectivity index (χ1n) is 5.25. The molecule has 1 aromatic rings. The second kappa shape index (κ2) is 6.14. The van der Waals surface area contributed by atoms with Crippen molar-refractivity contribution >= 4 is 21.9 Å². The number of hydrogen-bond acceptors (Lipinski definition) is 4. The van der Waals surface area contributed by atoms with E-state index in [0.717, 1.165) is 10.0 Å². The topological polar surface area (TPSA) is 66.8 Å². The third kappa shape index (κ3) is 3.80. The molecule has 1 aromatic carbocycles. The molecule has 1 rings (SSSR count). The molecule has 0 spiro atoms. The number of ether oxygens (including phenoxy) is 1. The van der Waals surface area contributed by atoms with Crippen LogP contribution in [0.2, 0.25) is 0 Å². The molecule has 2 unspecified atom stereocenters. The molecule has 0 aliphatic carbocycles. The van der Waals surface area contributed by atoms with Crippen LogP contribution in [0.15, 0.2) is 22.7 Å². The second-order valence-corrected chi connectivity index (χ2v) is 4.62. The van der Waals surface area contributed by atoms with E-state index in [2.05, 4.69) is 20.7 Å². The lowest BCUT2D eigenvalue weighted by atomic mass is 10.0. The number of esters is 1. The smallest absolute Gasteiger partial charge is 0.338 e. The molecule has 2 N–H and O–H groups in total. The van der Waals surface area contributed by atoms with Crippen molar-refractivity contribution in [3.05, 3.63) is 33.8 Å². The Kier molecular flexibility index (Phi) is 5.11. The van der Waals surface area contributed by atoms with Gasteiger partial charge in [0.25, 0.3) is 0 Å². The highest BCUT2D eigenvalue weighted by atomic mass is 79.9. The first-order valence-corrected chi connectivity index (χ1v) is 6.05. The van der Waals surface area contributed by atoms with Gasteiger partial charge in [-0.05, 0) is 37.1 Å². The predicted octanol–water partition coefficient (Wildman–Crippen LogP) is 1.71. The van der Waals surface area contributed by atoms with Crippen molar-refractivity contribution in [1.82, 2.24) is 0 Å². The summed E-state index contributed by atoms with van der Waals surface area (Å²) >= 11 is 3.29. The quantitative estimate of drug-likeness (QED) is 0.831. The highest BCUT2D eigenvalue weighted by Gasteiger charge is 2.27. The number of carbonyl (C=O) groups is 1. The van der Waals surface area contributed by atoms with Gasteiger partial charge in [-0.1, -0.05) is 22.0 Å². The Bertz CT molecular complexity index is 385. The summed E-state index contributed by atoms with van der Waals surface area (Å²) in [7, 11) is 0. The number of hydrogen-bond donors (Lipinski definition) is 2. The summed E-state index contributed by atoms with van der Waals surface area (Å²) < 4.78 is 5.43. The third-order valence-corrected chi connectivity index (χ3v) is 2.69. The van der Waals surface area contributed by atoms with Gasteiger partial charge in [0.05, 0.1) is 6.61 Å². The molecule has 0 bridgehead atoms. The van der Waals surface area contributed by atoms with E-state index in [0.29, 0.717) is 5.56 Å². The van der Waals surface area contributed by atoms with Gasteiger partial charge >= 0.3 is 5.97 Å². The van der Waals surface area contributed by atoms with Gasteiger partial charge in [0.1, 0.15) is 6.10 Å². The Labute approximate surface area is 108 Å². The minimum absolute atomic E-state index is 0.167. The summed E-state index contributed by atoms with van der Waals surface area (Å²) in [6, 6.07) is 5.23. The van der Waals surface area contributed by atoms with Gasteiger partial charge in [-0.2, -0.15) is 0 Å². The molecule has 94 valence electrons. The van der Waals surface area contributed by atoms with E-state index in [1.54, 1.807) is 19.1 Å². The Balaban J connectivity index is 2.87. The van der Waals surface area contributed by atoms with E-state index in [4.69, 9.17) is 0 Å². The zero-order valence-corrected chi connectivity index (χ0v) is 11.3. The summed E-state index contributed by atoms with van der Waals surface area (Å²) in [5.41, 5.74) is 1.39. The van der Waals surface area contributed by atoms with Crippen molar-refractivity contribution in [3.8, 4) is 0 Å². The van der Waals surface area contributed by atoms with Gasteiger partial charge in [-0.15, -0.1) is 0 Å². The van der Waals surface area contributed by atoms with Gasteiger partial charge < -0.3 is 14.9 Å². The zero-order valence-electron chi connectivity index (χ0n) is 9.68. The highest BCUT2D eigenvalue weighted by Crippen LogP contribution is 2.23. The Morgan fingerprint density at radius 3 is 2.59 bits per heavy atom. The number of aliphatic hydroxyl groups is 2. The minimum atomic E-state index is -1.57. The molecule has 5 heteroatoms. The molecule has 2 atom stereocenters. The number of aryl methyl sites for hydroxylation is 1. The van der Waals surface area contributed by atoms with Crippen molar-refractivity contribution < 1.29 is 19.7 Å². The summed E-state index contributed by atoms with van der Waals surface area (Å²) in [6.07, 6.45) is -2.85. The van der Waals surface area contributed by atoms with Crippen LogP contribution >= 0.6 is 15.9 Å². The number of rotatable bonds is 4. The molecule has 0 saturated heterocycles. The van der Waals surface area contributed by atoms with Gasteiger partial charge in [-0.3, -0.25) is 0 Å². The van der Waals surface area contributed by atoms with Crippen molar-refractivity contribution in [2.24, 2.45) is 0 Å². The van der Waals surface area contributed by atoms with Crippen LogP contribution in [0.25, 0.3) is 0 Å². The van der Waals surface area contributed by atoms with E-state index < -0.39 is 18.2 Å². The molecule has 0 amide bonds. The Morgan fingerprint density at radius 1 is 1.41 bits per heavy atom. The SMILES string of the molecule is CCOC(=O)C(O)C(O)c1cc(C)cc(Br)c1. The fourth-order valence-electron chi connectivity index (χ4n) is 1.47. The van der Waals surface area contributed by atoms with Gasteiger partial charge in [0.2, 0.25) is 0 Å². The third-order valence-electron chi connectivity index (χ3n) is 2.23. The van der Waals surface area contributed by atoms with Gasteiger partial charge in [0, 0.05) is 4.47 Å². The van der Waals surface area contributed by atoms with Crippen LogP contribution in [0, 0.1) is 6.92 Å². The van der Waals surface area contributed by atoms with E-state index in [9.17, 15) is 15.0 Å². The number of halogens is 1. The summed E-state index contributed by atoms with van der Waals surface area (Å²) in [5, 5.41) is 19.5. The lowest BCUT2D eigenvalue weighted by Gasteiger charge is -2.17. The first kappa shape index (κ1) is 14.2. The standard InChI is InChI=1S/C12H15BrO4/c1-3-17-12(16)11(15)10(14)8-4-7(2)5-9(13)6-8/h4-6,10-11,14-15H,3H2,1-2H3. The van der Waals surface area contributed by atoms with Crippen molar-refractivity contribution in [1.29, 1.82) is 0 Å². The second-order valence-electron chi connectivity index (χ2n) is 3.70. The molecule has 0 aromatic heterocycles.